The zero-order valence-electron chi connectivity index (χ0n) is 9.87. The molecule has 15 heavy (non-hydrogen) atoms. The number of ether oxygens (including phenoxy) is 1. The van der Waals surface area contributed by atoms with Crippen LogP contribution in [-0.4, -0.2) is 44.8 Å². The van der Waals surface area contributed by atoms with Crippen LogP contribution < -0.4 is 5.73 Å². The maximum absolute atomic E-state index is 5.64. The van der Waals surface area contributed by atoms with Crippen molar-refractivity contribution >= 4 is 0 Å². The highest BCUT2D eigenvalue weighted by molar-refractivity contribution is 4.98. The van der Waals surface area contributed by atoms with Gasteiger partial charge in [-0.15, -0.1) is 0 Å². The SMILES string of the molecule is COCC12CCCCC1CN(CCN)C2. The smallest absolute Gasteiger partial charge is 0.0534 e. The molecule has 0 aromatic heterocycles. The fraction of sp³-hybridized carbons (Fsp3) is 1.00. The van der Waals surface area contributed by atoms with Gasteiger partial charge in [-0.3, -0.25) is 0 Å². The minimum Gasteiger partial charge on any atom is -0.384 e. The Morgan fingerprint density at radius 2 is 2.33 bits per heavy atom. The predicted molar refractivity (Wildman–Crippen MR) is 61.8 cm³/mol. The molecule has 0 amide bonds. The Balaban J connectivity index is 2.02. The van der Waals surface area contributed by atoms with E-state index < -0.39 is 0 Å². The number of fused-ring (bicyclic) bond motifs is 1. The maximum Gasteiger partial charge on any atom is 0.0534 e. The molecule has 88 valence electrons. The van der Waals surface area contributed by atoms with Crippen molar-refractivity contribution < 1.29 is 4.74 Å². The Labute approximate surface area is 93.0 Å². The van der Waals surface area contributed by atoms with Crippen molar-refractivity contribution in [1.82, 2.24) is 4.90 Å². The lowest BCUT2D eigenvalue weighted by molar-refractivity contribution is 0.0299. The standard InChI is InChI=1S/C12H24N2O/c1-15-10-12-5-3-2-4-11(12)8-14(9-12)7-6-13/h11H,2-10,13H2,1H3. The lowest BCUT2D eigenvalue weighted by Crippen LogP contribution is -2.38. The maximum atomic E-state index is 5.64. The molecular formula is C12H24N2O. The fourth-order valence-corrected chi connectivity index (χ4v) is 3.57. The summed E-state index contributed by atoms with van der Waals surface area (Å²) in [6, 6.07) is 0. The third-order valence-electron chi connectivity index (χ3n) is 4.24. The van der Waals surface area contributed by atoms with Crippen molar-refractivity contribution in [1.29, 1.82) is 0 Å². The first kappa shape index (κ1) is 11.4. The molecule has 1 aliphatic heterocycles. The van der Waals surface area contributed by atoms with Gasteiger partial charge >= 0.3 is 0 Å². The molecule has 0 spiro atoms. The molecule has 3 nitrogen and oxygen atoms in total. The van der Waals surface area contributed by atoms with Gasteiger partial charge in [0.1, 0.15) is 0 Å². The molecule has 1 saturated heterocycles. The van der Waals surface area contributed by atoms with Crippen LogP contribution in [0.5, 0.6) is 0 Å². The molecule has 2 unspecified atom stereocenters. The molecule has 2 N–H and O–H groups in total. The Bertz CT molecular complexity index is 206. The second-order valence-electron chi connectivity index (χ2n) is 5.26. The van der Waals surface area contributed by atoms with E-state index in [0.29, 0.717) is 5.41 Å². The summed E-state index contributed by atoms with van der Waals surface area (Å²) in [5.41, 5.74) is 6.10. The highest BCUT2D eigenvalue weighted by Gasteiger charge is 2.47. The van der Waals surface area contributed by atoms with Crippen molar-refractivity contribution in [2.45, 2.75) is 25.7 Å². The summed E-state index contributed by atoms with van der Waals surface area (Å²) in [6.07, 6.45) is 5.54. The molecule has 0 aromatic carbocycles. The quantitative estimate of drug-likeness (QED) is 0.758. The van der Waals surface area contributed by atoms with Crippen LogP contribution in [0.4, 0.5) is 0 Å². The molecule has 3 heteroatoms. The molecule has 2 atom stereocenters. The molecular weight excluding hydrogens is 188 g/mol. The van der Waals surface area contributed by atoms with E-state index in [1.165, 1.54) is 38.8 Å². The van der Waals surface area contributed by atoms with Crippen LogP contribution in [0, 0.1) is 11.3 Å². The monoisotopic (exact) mass is 212 g/mol. The summed E-state index contributed by atoms with van der Waals surface area (Å²) in [5, 5.41) is 0. The molecule has 2 fully saturated rings. The Kier molecular flexibility index (Phi) is 3.65. The van der Waals surface area contributed by atoms with E-state index in [-0.39, 0.29) is 0 Å². The van der Waals surface area contributed by atoms with Gasteiger partial charge < -0.3 is 15.4 Å². The van der Waals surface area contributed by atoms with Crippen LogP contribution in [-0.2, 0) is 4.74 Å². The summed E-state index contributed by atoms with van der Waals surface area (Å²) in [7, 11) is 1.84. The Morgan fingerprint density at radius 1 is 1.47 bits per heavy atom. The van der Waals surface area contributed by atoms with Crippen LogP contribution in [0.15, 0.2) is 0 Å². The zero-order chi connectivity index (χ0) is 10.7. The van der Waals surface area contributed by atoms with Gasteiger partial charge in [-0.25, -0.2) is 0 Å². The van der Waals surface area contributed by atoms with E-state index >= 15 is 0 Å². The highest BCUT2D eigenvalue weighted by Crippen LogP contribution is 2.46. The number of hydrogen-bond donors (Lipinski definition) is 1. The van der Waals surface area contributed by atoms with Crippen LogP contribution in [0.25, 0.3) is 0 Å². The highest BCUT2D eigenvalue weighted by atomic mass is 16.5. The van der Waals surface area contributed by atoms with Gasteiger partial charge in [-0.1, -0.05) is 12.8 Å². The van der Waals surface area contributed by atoms with Crippen LogP contribution in [0.3, 0.4) is 0 Å². The first-order valence-electron chi connectivity index (χ1n) is 6.22. The molecule has 1 heterocycles. The number of likely N-dealkylation sites (tertiary alicyclic amines) is 1. The van der Waals surface area contributed by atoms with Gasteiger partial charge in [0.25, 0.3) is 0 Å². The van der Waals surface area contributed by atoms with E-state index in [1.54, 1.807) is 0 Å². The minimum absolute atomic E-state index is 0.460. The summed E-state index contributed by atoms with van der Waals surface area (Å²) < 4.78 is 5.45. The topological polar surface area (TPSA) is 38.5 Å². The molecule has 2 aliphatic rings. The molecule has 1 aliphatic carbocycles. The third kappa shape index (κ3) is 2.19. The van der Waals surface area contributed by atoms with E-state index in [4.69, 9.17) is 10.5 Å². The number of nitrogens with zero attached hydrogens (tertiary/aromatic N) is 1. The number of nitrogens with two attached hydrogens (primary N) is 1. The van der Waals surface area contributed by atoms with E-state index in [2.05, 4.69) is 4.90 Å². The van der Waals surface area contributed by atoms with Gasteiger partial charge in [-0.05, 0) is 18.8 Å². The number of methoxy groups -OCH3 is 1. The molecule has 0 bridgehead atoms. The average molecular weight is 212 g/mol. The summed E-state index contributed by atoms with van der Waals surface area (Å²) >= 11 is 0. The summed E-state index contributed by atoms with van der Waals surface area (Å²) in [4.78, 5) is 2.54. The van der Waals surface area contributed by atoms with E-state index in [9.17, 15) is 0 Å². The third-order valence-corrected chi connectivity index (χ3v) is 4.24. The predicted octanol–water partition coefficient (Wildman–Crippen LogP) is 1.08. The first-order chi connectivity index (χ1) is 7.30. The second kappa shape index (κ2) is 4.81. The second-order valence-corrected chi connectivity index (χ2v) is 5.26. The largest absolute Gasteiger partial charge is 0.384 e. The van der Waals surface area contributed by atoms with Crippen molar-refractivity contribution in [2.24, 2.45) is 17.1 Å². The Hall–Kier alpha value is -0.120. The zero-order valence-corrected chi connectivity index (χ0v) is 9.87. The van der Waals surface area contributed by atoms with E-state index in [1.807, 2.05) is 7.11 Å². The number of rotatable bonds is 4. The van der Waals surface area contributed by atoms with Crippen molar-refractivity contribution in [3.63, 3.8) is 0 Å². The van der Waals surface area contributed by atoms with Gasteiger partial charge in [0.05, 0.1) is 6.61 Å². The minimum atomic E-state index is 0.460. The first-order valence-corrected chi connectivity index (χ1v) is 6.22. The molecule has 1 saturated carbocycles. The van der Waals surface area contributed by atoms with Gasteiger partial charge in [0.15, 0.2) is 0 Å². The van der Waals surface area contributed by atoms with Gasteiger partial charge in [-0.2, -0.15) is 0 Å². The van der Waals surface area contributed by atoms with Gasteiger partial charge in [0.2, 0.25) is 0 Å². The van der Waals surface area contributed by atoms with Crippen LogP contribution in [0.2, 0.25) is 0 Å². The molecule has 2 rings (SSSR count). The fourth-order valence-electron chi connectivity index (χ4n) is 3.57. The molecule has 0 aromatic rings. The lowest BCUT2D eigenvalue weighted by Gasteiger charge is -2.38. The lowest BCUT2D eigenvalue weighted by atomic mass is 9.69. The van der Waals surface area contributed by atoms with E-state index in [0.717, 1.165) is 25.6 Å². The van der Waals surface area contributed by atoms with Crippen LogP contribution in [0.1, 0.15) is 25.7 Å². The number of hydrogen-bond acceptors (Lipinski definition) is 3. The normalized spacial score (nSPS) is 36.8. The van der Waals surface area contributed by atoms with Crippen molar-refractivity contribution in [3.8, 4) is 0 Å². The van der Waals surface area contributed by atoms with Gasteiger partial charge in [0, 0.05) is 38.7 Å². The summed E-state index contributed by atoms with van der Waals surface area (Å²) in [5.74, 6) is 0.859. The van der Waals surface area contributed by atoms with Crippen LogP contribution >= 0.6 is 0 Å². The summed E-state index contributed by atoms with van der Waals surface area (Å²) in [6.45, 7) is 5.25. The van der Waals surface area contributed by atoms with Crippen molar-refractivity contribution in [3.05, 3.63) is 0 Å². The molecule has 0 radical (unpaired) electrons. The van der Waals surface area contributed by atoms with Crippen molar-refractivity contribution in [2.75, 3.05) is 39.9 Å². The Morgan fingerprint density at radius 3 is 3.07 bits per heavy atom. The average Bonchev–Trinajstić information content (AvgIpc) is 2.56.